The molecular weight excluding hydrogens is 290 g/mol. The largest absolute Gasteiger partial charge is 0.464 e. The first kappa shape index (κ1) is 20.0. The van der Waals surface area contributed by atoms with Crippen LogP contribution in [-0.2, 0) is 14.3 Å². The zero-order valence-corrected chi connectivity index (χ0v) is 15.1. The highest BCUT2D eigenvalue weighted by Gasteiger charge is 2.26. The van der Waals surface area contributed by atoms with E-state index in [0.29, 0.717) is 6.61 Å². The smallest absolute Gasteiger partial charge is 0.325 e. The summed E-state index contributed by atoms with van der Waals surface area (Å²) >= 11 is 0. The lowest BCUT2D eigenvalue weighted by molar-refractivity contribution is -0.149. The summed E-state index contributed by atoms with van der Waals surface area (Å²) in [6.45, 7) is 2.80. The maximum absolute atomic E-state index is 12.1. The zero-order valence-electron chi connectivity index (χ0n) is 15.1. The first-order chi connectivity index (χ1) is 11.1. The highest BCUT2D eigenvalue weighted by Crippen LogP contribution is 2.26. The van der Waals surface area contributed by atoms with E-state index in [1.54, 1.807) is 7.05 Å². The molecule has 0 atom stereocenters. The lowest BCUT2D eigenvalue weighted by atomic mass is 10.1. The van der Waals surface area contributed by atoms with Crippen molar-refractivity contribution in [1.29, 1.82) is 0 Å². The molecule has 0 aromatic carbocycles. The molecule has 134 valence electrons. The van der Waals surface area contributed by atoms with Crippen molar-refractivity contribution in [2.45, 2.75) is 84.0 Å². The van der Waals surface area contributed by atoms with Gasteiger partial charge in [-0.2, -0.15) is 0 Å². The summed E-state index contributed by atoms with van der Waals surface area (Å²) in [4.78, 5) is 25.4. The number of rotatable bonds is 12. The molecule has 0 aromatic heterocycles. The second-order valence-corrected chi connectivity index (χ2v) is 6.87. The van der Waals surface area contributed by atoms with E-state index < -0.39 is 0 Å². The molecule has 1 rings (SSSR count). The van der Waals surface area contributed by atoms with Crippen LogP contribution in [0.1, 0.15) is 84.0 Å². The number of amides is 1. The fourth-order valence-corrected chi connectivity index (χ4v) is 3.22. The van der Waals surface area contributed by atoms with Crippen molar-refractivity contribution in [3.8, 4) is 0 Å². The predicted molar refractivity (Wildman–Crippen MR) is 93.2 cm³/mol. The summed E-state index contributed by atoms with van der Waals surface area (Å²) in [6, 6.07) is 0. The van der Waals surface area contributed by atoms with E-state index in [1.807, 2.05) is 0 Å². The van der Waals surface area contributed by atoms with Crippen LogP contribution in [-0.4, -0.2) is 37.0 Å². The number of carbonyl (C=O) groups excluding carboxylic acids is 2. The van der Waals surface area contributed by atoms with E-state index in [1.165, 1.54) is 43.4 Å². The van der Waals surface area contributed by atoms with Gasteiger partial charge in [0.15, 0.2) is 0 Å². The molecule has 0 radical (unpaired) electrons. The Morgan fingerprint density at radius 3 is 2.13 bits per heavy atom. The molecule has 1 aliphatic carbocycles. The lowest BCUT2D eigenvalue weighted by Gasteiger charge is -2.19. The van der Waals surface area contributed by atoms with Crippen molar-refractivity contribution in [1.82, 2.24) is 4.90 Å². The van der Waals surface area contributed by atoms with Crippen molar-refractivity contribution in [2.75, 3.05) is 20.2 Å². The molecule has 0 spiro atoms. The molecule has 0 heterocycles. The number of carbonyl (C=O) groups is 2. The Kier molecular flexibility index (Phi) is 10.8. The fraction of sp³-hybridized carbons (Fsp3) is 0.895. The van der Waals surface area contributed by atoms with Gasteiger partial charge in [-0.3, -0.25) is 9.59 Å². The molecule has 0 bridgehead atoms. The molecule has 0 N–H and O–H groups in total. The fourth-order valence-electron chi connectivity index (χ4n) is 3.22. The number of hydrogen-bond donors (Lipinski definition) is 0. The first-order valence-electron chi connectivity index (χ1n) is 9.55. The molecule has 1 saturated carbocycles. The van der Waals surface area contributed by atoms with Crippen LogP contribution in [0.15, 0.2) is 0 Å². The molecule has 1 amide bonds. The van der Waals surface area contributed by atoms with Gasteiger partial charge in [0, 0.05) is 13.0 Å². The summed E-state index contributed by atoms with van der Waals surface area (Å²) in [7, 11) is 1.71. The van der Waals surface area contributed by atoms with Gasteiger partial charge in [-0.1, -0.05) is 64.7 Å². The maximum atomic E-state index is 12.1. The summed E-state index contributed by atoms with van der Waals surface area (Å²) in [5.41, 5.74) is 0. The van der Waals surface area contributed by atoms with Crippen molar-refractivity contribution < 1.29 is 14.3 Å². The SMILES string of the molecule is CCCCCCCCCCOC(=O)CN(C)C(=O)C1CCCC1. The highest BCUT2D eigenvalue weighted by atomic mass is 16.5. The quantitative estimate of drug-likeness (QED) is 0.396. The van der Waals surface area contributed by atoms with Gasteiger partial charge in [0.25, 0.3) is 0 Å². The third kappa shape index (κ3) is 8.97. The highest BCUT2D eigenvalue weighted by molar-refractivity contribution is 5.83. The number of esters is 1. The lowest BCUT2D eigenvalue weighted by Crippen LogP contribution is -2.36. The Bertz CT molecular complexity index is 338. The van der Waals surface area contributed by atoms with Crippen LogP contribution in [0.3, 0.4) is 0 Å². The van der Waals surface area contributed by atoms with Gasteiger partial charge in [-0.05, 0) is 19.3 Å². The summed E-state index contributed by atoms with van der Waals surface area (Å²) in [5.74, 6) is -0.0474. The molecule has 4 nitrogen and oxygen atoms in total. The number of ether oxygens (including phenoxy) is 1. The second-order valence-electron chi connectivity index (χ2n) is 6.87. The third-order valence-corrected chi connectivity index (χ3v) is 4.71. The standard InChI is InChI=1S/C19H35NO3/c1-3-4-5-6-7-8-9-12-15-23-18(21)16-20(2)19(22)17-13-10-11-14-17/h17H,3-16H2,1-2H3. The minimum absolute atomic E-state index is 0.0896. The Hall–Kier alpha value is -1.06. The third-order valence-electron chi connectivity index (χ3n) is 4.71. The summed E-state index contributed by atoms with van der Waals surface area (Å²) < 4.78 is 5.24. The number of unbranched alkanes of at least 4 members (excludes halogenated alkanes) is 7. The minimum Gasteiger partial charge on any atom is -0.464 e. The van der Waals surface area contributed by atoms with E-state index in [0.717, 1.165) is 38.5 Å². The Morgan fingerprint density at radius 2 is 1.52 bits per heavy atom. The molecule has 23 heavy (non-hydrogen) atoms. The van der Waals surface area contributed by atoms with Crippen LogP contribution in [0.25, 0.3) is 0 Å². The second kappa shape index (κ2) is 12.4. The Balaban J connectivity index is 1.98. The topological polar surface area (TPSA) is 46.6 Å². The van der Waals surface area contributed by atoms with Gasteiger partial charge in [0.1, 0.15) is 6.54 Å². The molecular formula is C19H35NO3. The van der Waals surface area contributed by atoms with Gasteiger partial charge in [-0.15, -0.1) is 0 Å². The van der Waals surface area contributed by atoms with Crippen LogP contribution in [0.2, 0.25) is 0 Å². The van der Waals surface area contributed by atoms with Gasteiger partial charge in [0.2, 0.25) is 5.91 Å². The normalized spacial score (nSPS) is 14.9. The monoisotopic (exact) mass is 325 g/mol. The van der Waals surface area contributed by atoms with Crippen LogP contribution in [0.5, 0.6) is 0 Å². The van der Waals surface area contributed by atoms with E-state index in [4.69, 9.17) is 4.74 Å². The van der Waals surface area contributed by atoms with E-state index in [9.17, 15) is 9.59 Å². The molecule has 0 aromatic rings. The first-order valence-corrected chi connectivity index (χ1v) is 9.55. The van der Waals surface area contributed by atoms with Crippen LogP contribution in [0, 0.1) is 5.92 Å². The van der Waals surface area contributed by atoms with Crippen molar-refractivity contribution >= 4 is 11.9 Å². The van der Waals surface area contributed by atoms with Gasteiger partial charge in [-0.25, -0.2) is 0 Å². The average Bonchev–Trinajstić information content (AvgIpc) is 3.06. The van der Waals surface area contributed by atoms with Crippen LogP contribution >= 0.6 is 0 Å². The summed E-state index contributed by atoms with van der Waals surface area (Å²) in [6.07, 6.45) is 14.0. The zero-order chi connectivity index (χ0) is 16.9. The van der Waals surface area contributed by atoms with Crippen molar-refractivity contribution in [3.05, 3.63) is 0 Å². The minimum atomic E-state index is -0.276. The van der Waals surface area contributed by atoms with E-state index in [-0.39, 0.29) is 24.3 Å². The van der Waals surface area contributed by atoms with Crippen LogP contribution in [0.4, 0.5) is 0 Å². The molecule has 1 aliphatic rings. The van der Waals surface area contributed by atoms with Crippen LogP contribution < -0.4 is 0 Å². The van der Waals surface area contributed by atoms with Gasteiger partial charge < -0.3 is 9.64 Å². The Morgan fingerprint density at radius 1 is 0.957 bits per heavy atom. The summed E-state index contributed by atoms with van der Waals surface area (Å²) in [5, 5.41) is 0. The van der Waals surface area contributed by atoms with E-state index in [2.05, 4.69) is 6.92 Å². The number of likely N-dealkylation sites (N-methyl/N-ethyl adjacent to an activating group) is 1. The van der Waals surface area contributed by atoms with Crippen molar-refractivity contribution in [2.24, 2.45) is 5.92 Å². The molecule has 0 saturated heterocycles. The predicted octanol–water partition coefficient (Wildman–Crippen LogP) is 4.32. The molecule has 0 aliphatic heterocycles. The molecule has 1 fully saturated rings. The number of hydrogen-bond acceptors (Lipinski definition) is 3. The van der Waals surface area contributed by atoms with E-state index >= 15 is 0 Å². The van der Waals surface area contributed by atoms with Gasteiger partial charge >= 0.3 is 5.97 Å². The maximum Gasteiger partial charge on any atom is 0.325 e. The molecule has 4 heteroatoms. The molecule has 0 unspecified atom stereocenters. The van der Waals surface area contributed by atoms with Crippen molar-refractivity contribution in [3.63, 3.8) is 0 Å². The number of nitrogens with zero attached hydrogens (tertiary/aromatic N) is 1. The average molecular weight is 325 g/mol. The van der Waals surface area contributed by atoms with Gasteiger partial charge in [0.05, 0.1) is 6.61 Å². The Labute approximate surface area is 141 Å².